The summed E-state index contributed by atoms with van der Waals surface area (Å²) < 4.78 is 1.95. The van der Waals surface area contributed by atoms with Gasteiger partial charge in [0.15, 0.2) is 5.82 Å². The first-order valence-electron chi connectivity index (χ1n) is 5.77. The number of H-pyrrole nitrogens is 1. The molecule has 0 radical (unpaired) electrons. The third kappa shape index (κ3) is 2.00. The predicted molar refractivity (Wildman–Crippen MR) is 65.9 cm³/mol. The molecule has 0 spiro atoms. The van der Waals surface area contributed by atoms with Crippen molar-refractivity contribution in [2.24, 2.45) is 0 Å². The largest absolute Gasteiger partial charge is 0.328 e. The van der Waals surface area contributed by atoms with Crippen molar-refractivity contribution in [1.29, 1.82) is 0 Å². The van der Waals surface area contributed by atoms with Crippen LogP contribution in [0.4, 0.5) is 0 Å². The maximum atomic E-state index is 11.9. The van der Waals surface area contributed by atoms with Crippen LogP contribution in [-0.2, 0) is 13.0 Å². The zero-order valence-electron chi connectivity index (χ0n) is 10.3. The van der Waals surface area contributed by atoms with E-state index in [-0.39, 0.29) is 5.56 Å². The van der Waals surface area contributed by atoms with Gasteiger partial charge in [0.25, 0.3) is 5.56 Å². The van der Waals surface area contributed by atoms with Crippen LogP contribution in [-0.4, -0.2) is 19.5 Å². The van der Waals surface area contributed by atoms with Gasteiger partial charge in [-0.05, 0) is 20.3 Å². The number of aryl methyl sites for hydroxylation is 2. The lowest BCUT2D eigenvalue weighted by Crippen LogP contribution is -2.17. The number of aromatic nitrogens is 4. The number of rotatable bonds is 3. The zero-order valence-corrected chi connectivity index (χ0v) is 10.3. The standard InChI is InChI=1S/C12H16N4O/c1-4-9-8(3)14-11(15-12(9)17)10-6-13-7-16(10)5-2/h6-7H,4-5H2,1-3H3,(H,14,15,17). The Labute approximate surface area is 99.6 Å². The van der Waals surface area contributed by atoms with Crippen molar-refractivity contribution in [3.63, 3.8) is 0 Å². The van der Waals surface area contributed by atoms with Crippen molar-refractivity contribution in [3.05, 3.63) is 34.1 Å². The fourth-order valence-corrected chi connectivity index (χ4v) is 1.92. The smallest absolute Gasteiger partial charge is 0.254 e. The first-order chi connectivity index (χ1) is 8.17. The number of hydrogen-bond donors (Lipinski definition) is 1. The van der Waals surface area contributed by atoms with Crippen LogP contribution in [0.2, 0.25) is 0 Å². The van der Waals surface area contributed by atoms with Crippen LogP contribution in [0.25, 0.3) is 11.5 Å². The molecule has 0 aliphatic carbocycles. The number of nitrogens with one attached hydrogen (secondary N) is 1. The van der Waals surface area contributed by atoms with Crippen molar-refractivity contribution >= 4 is 0 Å². The van der Waals surface area contributed by atoms with Crippen molar-refractivity contribution in [3.8, 4) is 11.5 Å². The van der Waals surface area contributed by atoms with Gasteiger partial charge in [0.05, 0.1) is 12.5 Å². The average Bonchev–Trinajstić information content (AvgIpc) is 2.76. The second-order valence-corrected chi connectivity index (χ2v) is 3.90. The van der Waals surface area contributed by atoms with E-state index in [2.05, 4.69) is 15.0 Å². The molecule has 0 aromatic carbocycles. The third-order valence-electron chi connectivity index (χ3n) is 2.87. The highest BCUT2D eigenvalue weighted by Gasteiger charge is 2.10. The summed E-state index contributed by atoms with van der Waals surface area (Å²) in [6.07, 6.45) is 4.15. The molecule has 0 saturated heterocycles. The molecule has 0 fully saturated rings. The molecule has 5 nitrogen and oxygen atoms in total. The van der Waals surface area contributed by atoms with Gasteiger partial charge < -0.3 is 9.55 Å². The van der Waals surface area contributed by atoms with Crippen LogP contribution >= 0.6 is 0 Å². The van der Waals surface area contributed by atoms with Gasteiger partial charge in [-0.2, -0.15) is 0 Å². The molecular weight excluding hydrogens is 216 g/mol. The maximum Gasteiger partial charge on any atom is 0.254 e. The molecule has 0 amide bonds. The van der Waals surface area contributed by atoms with E-state index in [4.69, 9.17) is 0 Å². The molecule has 17 heavy (non-hydrogen) atoms. The minimum absolute atomic E-state index is 0.0566. The van der Waals surface area contributed by atoms with Crippen molar-refractivity contribution in [2.75, 3.05) is 0 Å². The first-order valence-corrected chi connectivity index (χ1v) is 5.77. The van der Waals surface area contributed by atoms with Gasteiger partial charge in [-0.3, -0.25) is 4.79 Å². The van der Waals surface area contributed by atoms with Gasteiger partial charge in [0.1, 0.15) is 5.69 Å². The van der Waals surface area contributed by atoms with Crippen LogP contribution in [0, 0.1) is 6.92 Å². The van der Waals surface area contributed by atoms with Crippen molar-refractivity contribution in [2.45, 2.75) is 33.7 Å². The van der Waals surface area contributed by atoms with Gasteiger partial charge in [-0.15, -0.1) is 0 Å². The Balaban J connectivity index is 2.58. The monoisotopic (exact) mass is 232 g/mol. The average molecular weight is 232 g/mol. The number of aromatic amines is 1. The summed E-state index contributed by atoms with van der Waals surface area (Å²) in [5.41, 5.74) is 2.32. The Kier molecular flexibility index (Phi) is 3.08. The SMILES string of the molecule is CCc1c(C)nc(-c2cncn2CC)[nH]c1=O. The van der Waals surface area contributed by atoms with Crippen LogP contribution < -0.4 is 5.56 Å². The zero-order chi connectivity index (χ0) is 12.4. The Bertz CT molecular complexity index is 582. The quantitative estimate of drug-likeness (QED) is 0.872. The van der Waals surface area contributed by atoms with Crippen molar-refractivity contribution < 1.29 is 0 Å². The molecule has 0 aliphatic heterocycles. The Hall–Kier alpha value is -1.91. The number of nitrogens with zero attached hydrogens (tertiary/aromatic N) is 3. The molecule has 2 rings (SSSR count). The lowest BCUT2D eigenvalue weighted by molar-refractivity contribution is 0.761. The minimum Gasteiger partial charge on any atom is -0.328 e. The highest BCUT2D eigenvalue weighted by molar-refractivity contribution is 5.48. The van der Waals surface area contributed by atoms with E-state index in [0.717, 1.165) is 23.5 Å². The topological polar surface area (TPSA) is 63.6 Å². The second kappa shape index (κ2) is 4.53. The highest BCUT2D eigenvalue weighted by Crippen LogP contribution is 2.14. The number of imidazole rings is 1. The molecule has 0 bridgehead atoms. The Morgan fingerprint density at radius 2 is 2.18 bits per heavy atom. The summed E-state index contributed by atoms with van der Waals surface area (Å²) in [4.78, 5) is 23.2. The summed E-state index contributed by atoms with van der Waals surface area (Å²) in [6.45, 7) is 6.64. The summed E-state index contributed by atoms with van der Waals surface area (Å²) in [5.74, 6) is 0.587. The fourth-order valence-electron chi connectivity index (χ4n) is 1.92. The van der Waals surface area contributed by atoms with Gasteiger partial charge in [0, 0.05) is 17.8 Å². The van der Waals surface area contributed by atoms with Gasteiger partial charge in [-0.1, -0.05) is 6.92 Å². The van der Waals surface area contributed by atoms with Crippen LogP contribution in [0.3, 0.4) is 0 Å². The molecular formula is C12H16N4O. The molecule has 2 aromatic heterocycles. The summed E-state index contributed by atoms with van der Waals surface area (Å²) in [6, 6.07) is 0. The van der Waals surface area contributed by atoms with E-state index < -0.39 is 0 Å². The normalized spacial score (nSPS) is 10.8. The van der Waals surface area contributed by atoms with E-state index in [1.807, 2.05) is 25.3 Å². The molecule has 90 valence electrons. The van der Waals surface area contributed by atoms with E-state index in [1.54, 1.807) is 12.5 Å². The van der Waals surface area contributed by atoms with Gasteiger partial charge in [-0.25, -0.2) is 9.97 Å². The Morgan fingerprint density at radius 1 is 1.41 bits per heavy atom. The van der Waals surface area contributed by atoms with Crippen LogP contribution in [0.1, 0.15) is 25.1 Å². The van der Waals surface area contributed by atoms with E-state index in [0.29, 0.717) is 12.2 Å². The number of hydrogen-bond acceptors (Lipinski definition) is 3. The molecule has 2 aromatic rings. The third-order valence-corrected chi connectivity index (χ3v) is 2.87. The highest BCUT2D eigenvalue weighted by atomic mass is 16.1. The Morgan fingerprint density at radius 3 is 2.76 bits per heavy atom. The molecule has 5 heteroatoms. The second-order valence-electron chi connectivity index (χ2n) is 3.90. The molecule has 2 heterocycles. The molecule has 0 unspecified atom stereocenters. The van der Waals surface area contributed by atoms with E-state index in [9.17, 15) is 4.79 Å². The molecule has 0 atom stereocenters. The minimum atomic E-state index is -0.0566. The van der Waals surface area contributed by atoms with E-state index in [1.165, 1.54) is 0 Å². The lowest BCUT2D eigenvalue weighted by Gasteiger charge is -2.07. The van der Waals surface area contributed by atoms with Crippen molar-refractivity contribution in [1.82, 2.24) is 19.5 Å². The summed E-state index contributed by atoms with van der Waals surface area (Å²) >= 11 is 0. The molecule has 1 N–H and O–H groups in total. The van der Waals surface area contributed by atoms with E-state index >= 15 is 0 Å². The molecule has 0 aliphatic rings. The molecule has 0 saturated carbocycles. The van der Waals surface area contributed by atoms with Crippen LogP contribution in [0.15, 0.2) is 17.3 Å². The summed E-state index contributed by atoms with van der Waals surface area (Å²) in [5, 5.41) is 0. The predicted octanol–water partition coefficient (Wildman–Crippen LogP) is 1.52. The summed E-state index contributed by atoms with van der Waals surface area (Å²) in [7, 11) is 0. The first kappa shape index (κ1) is 11.6. The fraction of sp³-hybridized carbons (Fsp3) is 0.417. The van der Waals surface area contributed by atoms with Gasteiger partial charge in [0.2, 0.25) is 0 Å². The lowest BCUT2D eigenvalue weighted by atomic mass is 10.2. The maximum absolute atomic E-state index is 11.9. The van der Waals surface area contributed by atoms with Crippen LogP contribution in [0.5, 0.6) is 0 Å². The van der Waals surface area contributed by atoms with Gasteiger partial charge >= 0.3 is 0 Å².